The van der Waals surface area contributed by atoms with Crippen molar-refractivity contribution in [2.24, 2.45) is 0 Å². The molecule has 1 atom stereocenters. The fourth-order valence-corrected chi connectivity index (χ4v) is 6.91. The van der Waals surface area contributed by atoms with Crippen LogP contribution in [0.5, 0.6) is 11.5 Å². The zero-order valence-corrected chi connectivity index (χ0v) is 29.2. The van der Waals surface area contributed by atoms with E-state index in [2.05, 4.69) is 5.32 Å². The number of halogens is 3. The van der Waals surface area contributed by atoms with Crippen LogP contribution in [0.4, 0.5) is 10.1 Å². The number of anilines is 1. The minimum absolute atomic E-state index is 0.0234. The summed E-state index contributed by atoms with van der Waals surface area (Å²) in [4.78, 5) is 29.5. The first-order chi connectivity index (χ1) is 22.8. The SMILES string of the molecule is COc1ccc(S(=O)(=O)N(CC(=O)N(Cc2ccc(Cl)cc2Cl)[C@@H](Cc2ccccc2)C(=O)NC(C)C)c2ccc(F)cc2)cc1OC. The number of carbonyl (C=O) groups is 2. The molecule has 4 aromatic rings. The molecule has 0 unspecified atom stereocenters. The number of methoxy groups -OCH3 is 2. The van der Waals surface area contributed by atoms with Crippen LogP contribution in [-0.2, 0) is 32.6 Å². The van der Waals surface area contributed by atoms with Gasteiger partial charge in [-0.15, -0.1) is 0 Å². The molecule has 0 aliphatic carbocycles. The summed E-state index contributed by atoms with van der Waals surface area (Å²) in [5.74, 6) is -1.30. The van der Waals surface area contributed by atoms with E-state index in [0.29, 0.717) is 16.3 Å². The van der Waals surface area contributed by atoms with Crippen molar-refractivity contribution in [2.45, 2.75) is 43.8 Å². The molecule has 0 fully saturated rings. The molecule has 0 aliphatic rings. The maximum Gasteiger partial charge on any atom is 0.264 e. The van der Waals surface area contributed by atoms with E-state index < -0.39 is 40.2 Å². The van der Waals surface area contributed by atoms with E-state index in [-0.39, 0.29) is 40.4 Å². The Labute approximate surface area is 290 Å². The van der Waals surface area contributed by atoms with E-state index in [0.717, 1.165) is 22.0 Å². The number of benzene rings is 4. The predicted molar refractivity (Wildman–Crippen MR) is 185 cm³/mol. The summed E-state index contributed by atoms with van der Waals surface area (Å²) in [6.45, 7) is 2.70. The lowest BCUT2D eigenvalue weighted by Gasteiger charge is -2.34. The average Bonchev–Trinajstić information content (AvgIpc) is 3.06. The van der Waals surface area contributed by atoms with E-state index in [9.17, 15) is 22.4 Å². The first-order valence-electron chi connectivity index (χ1n) is 14.9. The lowest BCUT2D eigenvalue weighted by Crippen LogP contribution is -2.54. The Morgan fingerprint density at radius 3 is 2.15 bits per heavy atom. The maximum atomic E-state index is 14.6. The van der Waals surface area contributed by atoms with Crippen molar-refractivity contribution in [1.82, 2.24) is 10.2 Å². The second-order valence-electron chi connectivity index (χ2n) is 11.1. The summed E-state index contributed by atoms with van der Waals surface area (Å²) in [5.41, 5.74) is 1.28. The topological polar surface area (TPSA) is 105 Å². The molecule has 4 aromatic carbocycles. The summed E-state index contributed by atoms with van der Waals surface area (Å²) in [6.07, 6.45) is 0.120. The fourth-order valence-electron chi connectivity index (χ4n) is 5.01. The maximum absolute atomic E-state index is 14.6. The van der Waals surface area contributed by atoms with Gasteiger partial charge in [-0.2, -0.15) is 0 Å². The Bertz CT molecular complexity index is 1840. The smallest absolute Gasteiger partial charge is 0.264 e. The highest BCUT2D eigenvalue weighted by Crippen LogP contribution is 2.33. The highest BCUT2D eigenvalue weighted by molar-refractivity contribution is 7.92. The number of nitrogens with zero attached hydrogens (tertiary/aromatic N) is 2. The molecular weight excluding hydrogens is 680 g/mol. The van der Waals surface area contributed by atoms with Gasteiger partial charge in [-0.1, -0.05) is 59.6 Å². The number of nitrogens with one attached hydrogen (secondary N) is 1. The molecule has 0 spiro atoms. The fraction of sp³-hybridized carbons (Fsp3) is 0.257. The number of hydrogen-bond donors (Lipinski definition) is 1. The van der Waals surface area contributed by atoms with Crippen molar-refractivity contribution in [1.29, 1.82) is 0 Å². The van der Waals surface area contributed by atoms with Gasteiger partial charge in [0.25, 0.3) is 10.0 Å². The monoisotopic (exact) mass is 715 g/mol. The molecule has 0 saturated carbocycles. The molecule has 13 heteroatoms. The average molecular weight is 717 g/mol. The molecule has 0 aromatic heterocycles. The number of amides is 2. The molecular formula is C35H36Cl2FN3O6S. The molecule has 0 radical (unpaired) electrons. The lowest BCUT2D eigenvalue weighted by atomic mass is 10.0. The molecule has 0 saturated heterocycles. The Morgan fingerprint density at radius 2 is 1.54 bits per heavy atom. The van der Waals surface area contributed by atoms with Crippen molar-refractivity contribution in [2.75, 3.05) is 25.1 Å². The Kier molecular flexibility index (Phi) is 12.3. The minimum Gasteiger partial charge on any atom is -0.493 e. The molecule has 254 valence electrons. The van der Waals surface area contributed by atoms with Gasteiger partial charge in [-0.25, -0.2) is 12.8 Å². The molecule has 0 aliphatic heterocycles. The number of carbonyl (C=O) groups excluding carboxylic acids is 2. The lowest BCUT2D eigenvalue weighted by molar-refractivity contribution is -0.140. The van der Waals surface area contributed by atoms with Crippen LogP contribution < -0.4 is 19.1 Å². The van der Waals surface area contributed by atoms with E-state index in [4.69, 9.17) is 32.7 Å². The van der Waals surface area contributed by atoms with Gasteiger partial charge < -0.3 is 19.7 Å². The van der Waals surface area contributed by atoms with Crippen LogP contribution in [0.1, 0.15) is 25.0 Å². The summed E-state index contributed by atoms with van der Waals surface area (Å²) in [5, 5.41) is 3.53. The van der Waals surface area contributed by atoms with Crippen molar-refractivity contribution in [3.8, 4) is 11.5 Å². The zero-order chi connectivity index (χ0) is 35.0. The van der Waals surface area contributed by atoms with Crippen molar-refractivity contribution in [3.63, 3.8) is 0 Å². The van der Waals surface area contributed by atoms with Crippen LogP contribution in [0.25, 0.3) is 0 Å². The van der Waals surface area contributed by atoms with Gasteiger partial charge >= 0.3 is 0 Å². The number of hydrogen-bond acceptors (Lipinski definition) is 6. The van der Waals surface area contributed by atoms with Gasteiger partial charge in [0.1, 0.15) is 18.4 Å². The predicted octanol–water partition coefficient (Wildman–Crippen LogP) is 6.51. The quantitative estimate of drug-likeness (QED) is 0.160. The highest BCUT2D eigenvalue weighted by Gasteiger charge is 2.35. The second kappa shape index (κ2) is 16.2. The standard InChI is InChI=1S/C35H36Cl2FN3O6S/c1-23(2)39-35(43)31(18-24-8-6-5-7-9-24)40(21-25-10-11-26(36)19-30(25)37)34(42)22-41(28-14-12-27(38)13-15-28)48(44,45)29-16-17-32(46-3)33(20-29)47-4/h5-17,19-20,23,31H,18,21-22H2,1-4H3,(H,39,43)/t31-/m0/s1. The van der Waals surface area contributed by atoms with Crippen LogP contribution in [0.3, 0.4) is 0 Å². The zero-order valence-electron chi connectivity index (χ0n) is 26.8. The molecule has 0 heterocycles. The van der Waals surface area contributed by atoms with Crippen LogP contribution in [0.2, 0.25) is 10.0 Å². The number of ether oxygens (including phenoxy) is 2. The van der Waals surface area contributed by atoms with Crippen LogP contribution in [0, 0.1) is 5.82 Å². The molecule has 48 heavy (non-hydrogen) atoms. The summed E-state index contributed by atoms with van der Waals surface area (Å²) >= 11 is 12.7. The molecule has 1 N–H and O–H groups in total. The van der Waals surface area contributed by atoms with Crippen LogP contribution in [0.15, 0.2) is 95.9 Å². The van der Waals surface area contributed by atoms with Gasteiger partial charge in [0.05, 0.1) is 24.8 Å². The third-order valence-corrected chi connectivity index (χ3v) is 9.75. The summed E-state index contributed by atoms with van der Waals surface area (Å²) in [6, 6.07) is 21.3. The first kappa shape index (κ1) is 36.5. The molecule has 4 rings (SSSR count). The Hall–Kier alpha value is -4.32. The van der Waals surface area contributed by atoms with Crippen molar-refractivity contribution in [3.05, 3.63) is 118 Å². The van der Waals surface area contributed by atoms with Gasteiger partial charge in [-0.3, -0.25) is 13.9 Å². The largest absolute Gasteiger partial charge is 0.493 e. The van der Waals surface area contributed by atoms with Crippen LogP contribution in [-0.4, -0.2) is 58.0 Å². The first-order valence-corrected chi connectivity index (χ1v) is 17.1. The van der Waals surface area contributed by atoms with Crippen LogP contribution >= 0.6 is 23.2 Å². The Morgan fingerprint density at radius 1 is 0.875 bits per heavy atom. The van der Waals surface area contributed by atoms with Gasteiger partial charge in [0.2, 0.25) is 11.8 Å². The second-order valence-corrected chi connectivity index (χ2v) is 13.8. The molecule has 2 amide bonds. The van der Waals surface area contributed by atoms with Gasteiger partial charge in [0, 0.05) is 35.1 Å². The van der Waals surface area contributed by atoms with E-state index in [1.54, 1.807) is 26.0 Å². The normalized spacial score (nSPS) is 11.9. The Balaban J connectivity index is 1.84. The van der Waals surface area contributed by atoms with Crippen molar-refractivity contribution >= 4 is 50.7 Å². The molecule has 0 bridgehead atoms. The van der Waals surface area contributed by atoms with E-state index in [1.807, 2.05) is 30.3 Å². The van der Waals surface area contributed by atoms with E-state index in [1.165, 1.54) is 55.5 Å². The van der Waals surface area contributed by atoms with Crippen molar-refractivity contribution < 1.29 is 31.9 Å². The number of rotatable bonds is 14. The summed E-state index contributed by atoms with van der Waals surface area (Å²) < 4.78 is 54.0. The third kappa shape index (κ3) is 8.97. The van der Waals surface area contributed by atoms with Gasteiger partial charge in [-0.05, 0) is 73.5 Å². The van der Waals surface area contributed by atoms with Gasteiger partial charge in [0.15, 0.2) is 11.5 Å². The summed E-state index contributed by atoms with van der Waals surface area (Å²) in [7, 11) is -1.70. The highest BCUT2D eigenvalue weighted by atomic mass is 35.5. The molecule has 9 nitrogen and oxygen atoms in total. The number of sulfonamides is 1. The minimum atomic E-state index is -4.48. The third-order valence-electron chi connectivity index (χ3n) is 7.39. The van der Waals surface area contributed by atoms with E-state index >= 15 is 0 Å².